The van der Waals surface area contributed by atoms with Gasteiger partial charge in [0.2, 0.25) is 0 Å². The first-order valence-corrected chi connectivity index (χ1v) is 6.43. The molecule has 0 heterocycles. The fourth-order valence-electron chi connectivity index (χ4n) is 2.67. The molecule has 0 saturated carbocycles. The maximum atomic E-state index is 10.7. The molecule has 5 nitrogen and oxygen atoms in total. The van der Waals surface area contributed by atoms with E-state index in [2.05, 4.69) is 0 Å². The van der Waals surface area contributed by atoms with Gasteiger partial charge in [0, 0.05) is 22.7 Å². The molecule has 0 amide bonds. The summed E-state index contributed by atoms with van der Waals surface area (Å²) in [4.78, 5) is 10.7. The van der Waals surface area contributed by atoms with Crippen LogP contribution in [0.5, 0.6) is 11.5 Å². The van der Waals surface area contributed by atoms with Crippen molar-refractivity contribution in [1.82, 2.24) is 0 Å². The summed E-state index contributed by atoms with van der Waals surface area (Å²) in [6.07, 6.45) is 3.53. The number of nitrogens with two attached hydrogens (primary N) is 1. The van der Waals surface area contributed by atoms with Crippen molar-refractivity contribution in [3.63, 3.8) is 0 Å². The van der Waals surface area contributed by atoms with Gasteiger partial charge in [-0.3, -0.25) is 4.79 Å². The monoisotopic (exact) mass is 265 g/mol. The third kappa shape index (κ3) is 2.66. The van der Waals surface area contributed by atoms with E-state index in [1.165, 1.54) is 0 Å². The molecule has 0 bridgehead atoms. The zero-order valence-electron chi connectivity index (χ0n) is 11.0. The van der Waals surface area contributed by atoms with Crippen molar-refractivity contribution in [2.24, 2.45) is 5.73 Å². The molecule has 1 aromatic rings. The Bertz CT molecular complexity index is 499. The highest BCUT2D eigenvalue weighted by molar-refractivity contribution is 5.68. The van der Waals surface area contributed by atoms with Crippen LogP contribution in [0, 0.1) is 0 Å². The van der Waals surface area contributed by atoms with Crippen molar-refractivity contribution in [2.45, 2.75) is 38.1 Å². The Balaban J connectivity index is 2.47. The lowest BCUT2D eigenvalue weighted by Gasteiger charge is -2.23. The second-order valence-electron chi connectivity index (χ2n) is 4.89. The molecule has 5 heteroatoms. The number of hydrogen-bond acceptors (Lipinski definition) is 4. The minimum atomic E-state index is -0.983. The van der Waals surface area contributed by atoms with E-state index < -0.39 is 12.0 Å². The molecule has 1 aromatic carbocycles. The third-order valence-corrected chi connectivity index (χ3v) is 3.63. The summed E-state index contributed by atoms with van der Waals surface area (Å²) in [5.41, 5.74) is 8.20. The molecule has 2 rings (SSSR count). The van der Waals surface area contributed by atoms with Crippen LogP contribution in [0.4, 0.5) is 0 Å². The van der Waals surface area contributed by atoms with Gasteiger partial charge in [0.25, 0.3) is 0 Å². The Morgan fingerprint density at radius 1 is 1.42 bits per heavy atom. The molecule has 1 unspecified atom stereocenters. The van der Waals surface area contributed by atoms with Gasteiger partial charge in [-0.1, -0.05) is 0 Å². The van der Waals surface area contributed by atoms with E-state index in [0.29, 0.717) is 11.3 Å². The van der Waals surface area contributed by atoms with Crippen molar-refractivity contribution >= 4 is 5.97 Å². The molecule has 1 aliphatic rings. The van der Waals surface area contributed by atoms with E-state index in [0.717, 1.165) is 36.8 Å². The van der Waals surface area contributed by atoms with E-state index in [1.807, 2.05) is 0 Å². The Hall–Kier alpha value is -1.75. The second-order valence-corrected chi connectivity index (χ2v) is 4.89. The smallest absolute Gasteiger partial charge is 0.305 e. The van der Waals surface area contributed by atoms with Crippen molar-refractivity contribution < 1.29 is 19.7 Å². The van der Waals surface area contributed by atoms with Gasteiger partial charge in [0.05, 0.1) is 13.5 Å². The number of phenolic OH excluding ortho intramolecular Hbond substituents is 1. The molecule has 19 heavy (non-hydrogen) atoms. The predicted molar refractivity (Wildman–Crippen MR) is 70.5 cm³/mol. The van der Waals surface area contributed by atoms with Crippen molar-refractivity contribution in [3.05, 3.63) is 22.8 Å². The number of hydrogen-bond donors (Lipinski definition) is 3. The van der Waals surface area contributed by atoms with Gasteiger partial charge in [-0.15, -0.1) is 0 Å². The third-order valence-electron chi connectivity index (χ3n) is 3.63. The van der Waals surface area contributed by atoms with Gasteiger partial charge in [-0.2, -0.15) is 0 Å². The number of carboxylic acid groups (broad SMARTS) is 1. The normalized spacial score (nSPS) is 15.7. The second kappa shape index (κ2) is 5.48. The zero-order chi connectivity index (χ0) is 14.0. The minimum absolute atomic E-state index is 0.143. The van der Waals surface area contributed by atoms with E-state index >= 15 is 0 Å². The van der Waals surface area contributed by atoms with E-state index in [1.54, 1.807) is 13.2 Å². The standard InChI is InChI=1S/C14H19NO4/c1-19-12-6-10(11(15)7-13(16)17)14(18)9-5-3-2-4-8(9)12/h6,11,18H,2-5,7,15H2,1H3,(H,16,17). The summed E-state index contributed by atoms with van der Waals surface area (Å²) < 4.78 is 5.35. The average Bonchev–Trinajstić information content (AvgIpc) is 2.38. The maximum absolute atomic E-state index is 10.7. The highest BCUT2D eigenvalue weighted by Gasteiger charge is 2.24. The summed E-state index contributed by atoms with van der Waals surface area (Å²) in [7, 11) is 1.58. The molecule has 1 aliphatic carbocycles. The van der Waals surface area contributed by atoms with Crippen LogP contribution in [0.1, 0.15) is 42.0 Å². The lowest BCUT2D eigenvalue weighted by molar-refractivity contribution is -0.137. The molecule has 1 atom stereocenters. The lowest BCUT2D eigenvalue weighted by Crippen LogP contribution is -2.17. The number of phenols is 1. The van der Waals surface area contributed by atoms with Crippen molar-refractivity contribution in [2.75, 3.05) is 7.11 Å². The molecule has 0 saturated heterocycles. The van der Waals surface area contributed by atoms with Crippen LogP contribution in [0.3, 0.4) is 0 Å². The molecule has 4 N–H and O–H groups in total. The van der Waals surface area contributed by atoms with Crippen molar-refractivity contribution in [3.8, 4) is 11.5 Å². The first-order chi connectivity index (χ1) is 9.04. The lowest BCUT2D eigenvalue weighted by atomic mass is 9.86. The SMILES string of the molecule is COc1cc(C(N)CC(=O)O)c(O)c2c1CCCC2. The first kappa shape index (κ1) is 13.7. The number of aliphatic carboxylic acids is 1. The number of carboxylic acids is 1. The van der Waals surface area contributed by atoms with Crippen LogP contribution in [0.2, 0.25) is 0 Å². The number of rotatable bonds is 4. The quantitative estimate of drug-likeness (QED) is 0.771. The Morgan fingerprint density at radius 3 is 2.63 bits per heavy atom. The molecule has 0 radical (unpaired) electrons. The molecular weight excluding hydrogens is 246 g/mol. The number of aromatic hydroxyl groups is 1. The summed E-state index contributed by atoms with van der Waals surface area (Å²) in [5, 5.41) is 19.1. The first-order valence-electron chi connectivity index (χ1n) is 6.43. The van der Waals surface area contributed by atoms with Gasteiger partial charge in [0.1, 0.15) is 11.5 Å². The van der Waals surface area contributed by atoms with Gasteiger partial charge in [0.15, 0.2) is 0 Å². The fourth-order valence-corrected chi connectivity index (χ4v) is 2.67. The number of carbonyl (C=O) groups is 1. The molecule has 0 aliphatic heterocycles. The fraction of sp³-hybridized carbons (Fsp3) is 0.500. The largest absolute Gasteiger partial charge is 0.507 e. The van der Waals surface area contributed by atoms with Crippen LogP contribution in [-0.4, -0.2) is 23.3 Å². The summed E-state index contributed by atoms with van der Waals surface area (Å²) >= 11 is 0. The number of fused-ring (bicyclic) bond motifs is 1. The molecule has 0 aromatic heterocycles. The average molecular weight is 265 g/mol. The van der Waals surface area contributed by atoms with Gasteiger partial charge in [-0.05, 0) is 31.7 Å². The molecular formula is C14H19NO4. The molecule has 0 spiro atoms. The Labute approximate surface area is 112 Å². The van der Waals surface area contributed by atoms with Crippen LogP contribution >= 0.6 is 0 Å². The topological polar surface area (TPSA) is 92.8 Å². The zero-order valence-corrected chi connectivity index (χ0v) is 11.0. The maximum Gasteiger partial charge on any atom is 0.305 e. The minimum Gasteiger partial charge on any atom is -0.507 e. The summed E-state index contributed by atoms with van der Waals surface area (Å²) in [6.45, 7) is 0. The summed E-state index contributed by atoms with van der Waals surface area (Å²) in [5.74, 6) is -0.142. The van der Waals surface area contributed by atoms with Crippen LogP contribution in [-0.2, 0) is 17.6 Å². The van der Waals surface area contributed by atoms with E-state index in [-0.39, 0.29) is 12.2 Å². The van der Waals surface area contributed by atoms with Crippen LogP contribution in [0.15, 0.2) is 6.07 Å². The summed E-state index contributed by atoms with van der Waals surface area (Å²) in [6, 6.07) is 0.950. The number of methoxy groups -OCH3 is 1. The number of benzene rings is 1. The predicted octanol–water partition coefficient (Wildman–Crippen LogP) is 1.75. The Kier molecular flexibility index (Phi) is 3.95. The van der Waals surface area contributed by atoms with Crippen molar-refractivity contribution in [1.29, 1.82) is 0 Å². The Morgan fingerprint density at radius 2 is 2.05 bits per heavy atom. The van der Waals surface area contributed by atoms with Gasteiger partial charge < -0.3 is 20.7 Å². The van der Waals surface area contributed by atoms with Gasteiger partial charge in [-0.25, -0.2) is 0 Å². The molecule has 0 fully saturated rings. The highest BCUT2D eigenvalue weighted by Crippen LogP contribution is 2.40. The number of ether oxygens (including phenoxy) is 1. The van der Waals surface area contributed by atoms with Gasteiger partial charge >= 0.3 is 5.97 Å². The van der Waals surface area contributed by atoms with E-state index in [4.69, 9.17) is 15.6 Å². The molecule has 104 valence electrons. The van der Waals surface area contributed by atoms with Crippen LogP contribution in [0.25, 0.3) is 0 Å². The van der Waals surface area contributed by atoms with Crippen LogP contribution < -0.4 is 10.5 Å². The van der Waals surface area contributed by atoms with E-state index in [9.17, 15) is 9.90 Å². The highest BCUT2D eigenvalue weighted by atomic mass is 16.5.